The highest BCUT2D eigenvalue weighted by Gasteiger charge is 2.43. The Balaban J connectivity index is 1.58. The Hall–Kier alpha value is -1.08. The minimum absolute atomic E-state index is 0.0505. The molecule has 3 heterocycles. The number of hydrogen-bond donors (Lipinski definition) is 1. The Morgan fingerprint density at radius 3 is 3.06 bits per heavy atom. The Kier molecular flexibility index (Phi) is 3.25. The van der Waals surface area contributed by atoms with Crippen molar-refractivity contribution in [3.63, 3.8) is 0 Å². The number of fused-ring (bicyclic) bond motifs is 2. The van der Waals surface area contributed by atoms with Crippen LogP contribution >= 0.6 is 11.8 Å². The van der Waals surface area contributed by atoms with Crippen LogP contribution in [-0.4, -0.2) is 39.2 Å². The first-order chi connectivity index (χ1) is 8.72. The van der Waals surface area contributed by atoms with E-state index in [1.165, 1.54) is 11.8 Å². The summed E-state index contributed by atoms with van der Waals surface area (Å²) in [5, 5.41) is 12.5. The predicted octanol–water partition coefficient (Wildman–Crippen LogP) is 1.42. The first kappa shape index (κ1) is 12.0. The van der Waals surface area contributed by atoms with Crippen molar-refractivity contribution in [1.29, 1.82) is 0 Å². The molecular formula is C11H14N2O4S. The van der Waals surface area contributed by atoms with Gasteiger partial charge in [0.15, 0.2) is 5.82 Å². The summed E-state index contributed by atoms with van der Waals surface area (Å²) in [6.07, 6.45) is 3.80. The maximum Gasteiger partial charge on any atom is 0.313 e. The van der Waals surface area contributed by atoms with Crippen molar-refractivity contribution in [2.75, 3.05) is 5.75 Å². The van der Waals surface area contributed by atoms with Crippen LogP contribution in [0.3, 0.4) is 0 Å². The molecule has 2 saturated heterocycles. The second-order valence-corrected chi connectivity index (χ2v) is 5.63. The average Bonchev–Trinajstić information content (AvgIpc) is 3.03. The fourth-order valence-electron chi connectivity index (χ4n) is 2.61. The Labute approximate surface area is 108 Å². The van der Waals surface area contributed by atoms with Crippen molar-refractivity contribution >= 4 is 17.7 Å². The maximum absolute atomic E-state index is 10.4. The van der Waals surface area contributed by atoms with Gasteiger partial charge in [0.2, 0.25) is 5.89 Å². The molecule has 0 radical (unpaired) electrons. The third-order valence-electron chi connectivity index (χ3n) is 3.37. The minimum Gasteiger partial charge on any atom is -0.481 e. The summed E-state index contributed by atoms with van der Waals surface area (Å²) in [5.41, 5.74) is 0. The molecular weight excluding hydrogens is 256 g/mol. The molecule has 0 saturated carbocycles. The third-order valence-corrected chi connectivity index (χ3v) is 4.27. The zero-order valence-electron chi connectivity index (χ0n) is 9.74. The van der Waals surface area contributed by atoms with Gasteiger partial charge in [0.1, 0.15) is 0 Å². The molecule has 3 rings (SSSR count). The average molecular weight is 270 g/mol. The van der Waals surface area contributed by atoms with E-state index in [0.29, 0.717) is 23.6 Å². The SMILES string of the molecule is O=C(O)CSCc1nc(C2CC3CCC2O3)no1. The van der Waals surface area contributed by atoms with Gasteiger partial charge in [-0.05, 0) is 19.3 Å². The number of carboxylic acids is 1. The van der Waals surface area contributed by atoms with E-state index in [-0.39, 0.29) is 17.8 Å². The van der Waals surface area contributed by atoms with Gasteiger partial charge in [-0.1, -0.05) is 5.16 Å². The van der Waals surface area contributed by atoms with Crippen LogP contribution in [-0.2, 0) is 15.3 Å². The molecule has 2 aliphatic heterocycles. The largest absolute Gasteiger partial charge is 0.481 e. The van der Waals surface area contributed by atoms with Crippen LogP contribution in [0.2, 0.25) is 0 Å². The number of rotatable bonds is 5. The van der Waals surface area contributed by atoms with Crippen molar-refractivity contribution in [3.8, 4) is 0 Å². The number of aliphatic carboxylic acids is 1. The van der Waals surface area contributed by atoms with Gasteiger partial charge in [-0.15, -0.1) is 11.8 Å². The second-order valence-electron chi connectivity index (χ2n) is 4.65. The van der Waals surface area contributed by atoms with Crippen molar-refractivity contribution in [3.05, 3.63) is 11.7 Å². The molecule has 2 bridgehead atoms. The molecule has 0 aromatic carbocycles. The van der Waals surface area contributed by atoms with Gasteiger partial charge in [-0.25, -0.2) is 0 Å². The van der Waals surface area contributed by atoms with E-state index >= 15 is 0 Å². The summed E-state index contributed by atoms with van der Waals surface area (Å²) in [4.78, 5) is 14.7. The molecule has 6 nitrogen and oxygen atoms in total. The first-order valence-corrected chi connectivity index (χ1v) is 7.15. The summed E-state index contributed by atoms with van der Waals surface area (Å²) in [6.45, 7) is 0. The molecule has 1 N–H and O–H groups in total. The van der Waals surface area contributed by atoms with Gasteiger partial charge in [0.25, 0.3) is 0 Å². The molecule has 2 fully saturated rings. The first-order valence-electron chi connectivity index (χ1n) is 6.00. The Bertz CT molecular complexity index is 450. The number of nitrogens with zero attached hydrogens (tertiary/aromatic N) is 2. The lowest BCUT2D eigenvalue weighted by Gasteiger charge is -2.13. The van der Waals surface area contributed by atoms with Crippen LogP contribution in [0.15, 0.2) is 4.52 Å². The highest BCUT2D eigenvalue weighted by molar-refractivity contribution is 7.99. The number of ether oxygens (including phenoxy) is 1. The fraction of sp³-hybridized carbons (Fsp3) is 0.727. The topological polar surface area (TPSA) is 85.5 Å². The van der Waals surface area contributed by atoms with E-state index in [2.05, 4.69) is 10.1 Å². The molecule has 2 aliphatic rings. The molecule has 1 aromatic rings. The van der Waals surface area contributed by atoms with Gasteiger partial charge in [-0.3, -0.25) is 4.79 Å². The van der Waals surface area contributed by atoms with Gasteiger partial charge in [0, 0.05) is 0 Å². The monoisotopic (exact) mass is 270 g/mol. The highest BCUT2D eigenvalue weighted by Crippen LogP contribution is 2.43. The van der Waals surface area contributed by atoms with E-state index in [1.807, 2.05) is 0 Å². The molecule has 0 spiro atoms. The predicted molar refractivity (Wildman–Crippen MR) is 63.3 cm³/mol. The smallest absolute Gasteiger partial charge is 0.313 e. The van der Waals surface area contributed by atoms with Crippen LogP contribution in [0.1, 0.15) is 36.9 Å². The van der Waals surface area contributed by atoms with Gasteiger partial charge < -0.3 is 14.4 Å². The third kappa shape index (κ3) is 2.37. The zero-order chi connectivity index (χ0) is 12.5. The number of thioether (sulfide) groups is 1. The number of hydrogen-bond acceptors (Lipinski definition) is 6. The van der Waals surface area contributed by atoms with Gasteiger partial charge in [-0.2, -0.15) is 4.98 Å². The summed E-state index contributed by atoms with van der Waals surface area (Å²) in [7, 11) is 0. The second kappa shape index (κ2) is 4.89. The van der Waals surface area contributed by atoms with Crippen molar-refractivity contribution < 1.29 is 19.2 Å². The van der Waals surface area contributed by atoms with Crippen LogP contribution in [0.25, 0.3) is 0 Å². The highest BCUT2D eigenvalue weighted by atomic mass is 32.2. The van der Waals surface area contributed by atoms with Gasteiger partial charge >= 0.3 is 5.97 Å². The summed E-state index contributed by atoms with van der Waals surface area (Å²) >= 11 is 1.26. The molecule has 3 atom stereocenters. The van der Waals surface area contributed by atoms with Crippen molar-refractivity contribution in [2.45, 2.75) is 43.1 Å². The summed E-state index contributed by atoms with van der Waals surface area (Å²) in [5.74, 6) is 1.13. The lowest BCUT2D eigenvalue weighted by Crippen LogP contribution is -2.15. The molecule has 98 valence electrons. The van der Waals surface area contributed by atoms with E-state index in [9.17, 15) is 4.79 Å². The van der Waals surface area contributed by atoms with Crippen LogP contribution in [0.5, 0.6) is 0 Å². The summed E-state index contributed by atoms with van der Waals surface area (Å²) in [6, 6.07) is 0. The minimum atomic E-state index is -0.832. The molecule has 1 aromatic heterocycles. The summed E-state index contributed by atoms with van der Waals surface area (Å²) < 4.78 is 10.9. The van der Waals surface area contributed by atoms with Crippen LogP contribution in [0.4, 0.5) is 0 Å². The van der Waals surface area contributed by atoms with E-state index in [4.69, 9.17) is 14.4 Å². The van der Waals surface area contributed by atoms with E-state index in [0.717, 1.165) is 19.3 Å². The zero-order valence-corrected chi connectivity index (χ0v) is 10.6. The molecule has 0 aliphatic carbocycles. The van der Waals surface area contributed by atoms with Crippen molar-refractivity contribution in [2.24, 2.45) is 0 Å². The fourth-order valence-corrected chi connectivity index (χ4v) is 3.18. The number of carboxylic acid groups (broad SMARTS) is 1. The van der Waals surface area contributed by atoms with Gasteiger partial charge in [0.05, 0.1) is 29.6 Å². The molecule has 18 heavy (non-hydrogen) atoms. The quantitative estimate of drug-likeness (QED) is 0.866. The number of carbonyl (C=O) groups is 1. The van der Waals surface area contributed by atoms with Crippen molar-refractivity contribution in [1.82, 2.24) is 10.1 Å². The normalized spacial score (nSPS) is 29.9. The Morgan fingerprint density at radius 1 is 1.50 bits per heavy atom. The van der Waals surface area contributed by atoms with E-state index in [1.54, 1.807) is 0 Å². The van der Waals surface area contributed by atoms with Crippen LogP contribution in [0, 0.1) is 0 Å². The molecule has 3 unspecified atom stereocenters. The standard InChI is InChI=1S/C11H14N2O4S/c14-10(15)5-18-4-9-12-11(13-17-9)7-3-6-1-2-8(7)16-6/h6-8H,1-5H2,(H,14,15). The maximum atomic E-state index is 10.4. The van der Waals surface area contributed by atoms with E-state index < -0.39 is 5.97 Å². The van der Waals surface area contributed by atoms with Crippen LogP contribution < -0.4 is 0 Å². The lowest BCUT2D eigenvalue weighted by atomic mass is 9.89. The lowest BCUT2D eigenvalue weighted by molar-refractivity contribution is -0.133. The molecule has 7 heteroatoms. The number of aromatic nitrogens is 2. The molecule has 0 amide bonds. The Morgan fingerprint density at radius 2 is 2.39 bits per heavy atom.